The van der Waals surface area contributed by atoms with Crippen LogP contribution in [0.2, 0.25) is 0 Å². The van der Waals surface area contributed by atoms with Crippen molar-refractivity contribution in [2.24, 2.45) is 11.7 Å². The number of hydrogen-bond donors (Lipinski definition) is 1. The smallest absolute Gasteiger partial charge is 0.190 e. The van der Waals surface area contributed by atoms with E-state index in [1.54, 1.807) is 0 Å². The standard InChI is InChI=1S/C6H11NO.Y/c1-3-4-5(2)6(7)8;/h5H,1-4H2,(H2,7,8);/q-2;. The Labute approximate surface area is 81.4 Å². The van der Waals surface area contributed by atoms with Crippen LogP contribution in [0.15, 0.2) is 0 Å². The van der Waals surface area contributed by atoms with Crippen LogP contribution in [-0.4, -0.2) is 5.91 Å². The van der Waals surface area contributed by atoms with Gasteiger partial charge >= 0.3 is 0 Å². The molecule has 1 atom stereocenters. The quantitative estimate of drug-likeness (QED) is 0.666. The summed E-state index contributed by atoms with van der Waals surface area (Å²) < 4.78 is 0. The first-order chi connectivity index (χ1) is 3.68. The first-order valence-electron chi connectivity index (χ1n) is 2.60. The third-order valence-corrected chi connectivity index (χ3v) is 0.955. The van der Waals surface area contributed by atoms with Gasteiger partial charge in [-0.1, -0.05) is 12.3 Å². The number of rotatable bonds is 3. The molecule has 0 aliphatic carbocycles. The zero-order valence-electron chi connectivity index (χ0n) is 5.47. The van der Waals surface area contributed by atoms with Crippen molar-refractivity contribution in [1.82, 2.24) is 0 Å². The van der Waals surface area contributed by atoms with Crippen molar-refractivity contribution in [3.8, 4) is 0 Å². The van der Waals surface area contributed by atoms with Crippen LogP contribution in [-0.2, 0) is 37.5 Å². The van der Waals surface area contributed by atoms with Crippen LogP contribution < -0.4 is 5.73 Å². The van der Waals surface area contributed by atoms with Crippen molar-refractivity contribution >= 4 is 5.91 Å². The Morgan fingerprint density at radius 1 is 1.67 bits per heavy atom. The van der Waals surface area contributed by atoms with Crippen LogP contribution in [0.1, 0.15) is 12.8 Å². The number of nitrogens with two attached hydrogens (primary N) is 1. The molecule has 1 amide bonds. The summed E-state index contributed by atoms with van der Waals surface area (Å²) >= 11 is 0. The molecule has 3 heteroatoms. The van der Waals surface area contributed by atoms with Crippen molar-refractivity contribution in [3.05, 3.63) is 13.8 Å². The van der Waals surface area contributed by atoms with E-state index in [1.165, 1.54) is 0 Å². The molecular weight excluding hydrogens is 191 g/mol. The van der Waals surface area contributed by atoms with Crippen molar-refractivity contribution in [2.75, 3.05) is 0 Å². The van der Waals surface area contributed by atoms with E-state index >= 15 is 0 Å². The fraction of sp³-hybridized carbons (Fsp3) is 0.500. The van der Waals surface area contributed by atoms with Crippen molar-refractivity contribution in [2.45, 2.75) is 12.8 Å². The number of carbonyl (C=O) groups excluding carboxylic acids is 1. The Morgan fingerprint density at radius 3 is 2.22 bits per heavy atom. The summed E-state index contributed by atoms with van der Waals surface area (Å²) in [6, 6.07) is 0. The maximum atomic E-state index is 10.2. The van der Waals surface area contributed by atoms with Gasteiger partial charge in [-0.2, -0.15) is 6.42 Å². The molecule has 0 rings (SSSR count). The van der Waals surface area contributed by atoms with Crippen LogP contribution >= 0.6 is 0 Å². The monoisotopic (exact) mass is 202 g/mol. The van der Waals surface area contributed by atoms with E-state index in [0.717, 1.165) is 6.42 Å². The van der Waals surface area contributed by atoms with Crippen LogP contribution in [0.5, 0.6) is 0 Å². The molecule has 2 nitrogen and oxygen atoms in total. The summed E-state index contributed by atoms with van der Waals surface area (Å²) in [5.74, 6) is -0.596. The molecular formula is C6H11NOY-2. The second-order valence-electron chi connectivity index (χ2n) is 1.74. The fourth-order valence-electron chi connectivity index (χ4n) is 0.389. The SMILES string of the molecule is [CH2-]CCC([CH2-])C(N)=O.[Y]. The second-order valence-corrected chi connectivity index (χ2v) is 1.74. The van der Waals surface area contributed by atoms with Crippen molar-refractivity contribution in [1.29, 1.82) is 0 Å². The molecule has 0 spiro atoms. The van der Waals surface area contributed by atoms with Gasteiger partial charge in [0.25, 0.3) is 0 Å². The molecule has 2 N–H and O–H groups in total. The van der Waals surface area contributed by atoms with E-state index in [0.29, 0.717) is 6.42 Å². The minimum Gasteiger partial charge on any atom is -0.372 e. The van der Waals surface area contributed by atoms with Crippen molar-refractivity contribution < 1.29 is 37.5 Å². The largest absolute Gasteiger partial charge is 0.372 e. The van der Waals surface area contributed by atoms with Gasteiger partial charge in [-0.05, 0) is 0 Å². The summed E-state index contributed by atoms with van der Waals surface area (Å²) in [7, 11) is 0. The summed E-state index contributed by atoms with van der Waals surface area (Å²) in [4.78, 5) is 10.2. The predicted molar refractivity (Wildman–Crippen MR) is 32.6 cm³/mol. The van der Waals surface area contributed by atoms with Gasteiger partial charge in [-0.15, -0.1) is 0 Å². The second kappa shape index (κ2) is 6.69. The number of primary amides is 1. The number of carbonyl (C=O) groups is 1. The molecule has 0 aromatic heterocycles. The first-order valence-corrected chi connectivity index (χ1v) is 2.60. The van der Waals surface area contributed by atoms with E-state index in [2.05, 4.69) is 13.8 Å². The Morgan fingerprint density at radius 2 is 2.11 bits per heavy atom. The van der Waals surface area contributed by atoms with E-state index < -0.39 is 0 Å². The van der Waals surface area contributed by atoms with Crippen LogP contribution in [0.25, 0.3) is 0 Å². The molecule has 0 bridgehead atoms. The van der Waals surface area contributed by atoms with E-state index in [-0.39, 0.29) is 44.5 Å². The molecule has 0 fully saturated rings. The van der Waals surface area contributed by atoms with Gasteiger partial charge in [0.2, 0.25) is 0 Å². The molecule has 1 unspecified atom stereocenters. The molecule has 0 aromatic carbocycles. The Balaban J connectivity index is 0. The Hall–Kier alpha value is 0.574. The van der Waals surface area contributed by atoms with Gasteiger partial charge in [-0.25, -0.2) is 0 Å². The van der Waals surface area contributed by atoms with Crippen LogP contribution in [0, 0.1) is 19.8 Å². The molecule has 0 heterocycles. The van der Waals surface area contributed by atoms with Crippen LogP contribution in [0.3, 0.4) is 0 Å². The molecule has 9 heavy (non-hydrogen) atoms. The predicted octanol–water partition coefficient (Wildman–Crippen LogP) is 0.534. The minimum absolute atomic E-state index is 0. The first kappa shape index (κ1) is 12.3. The molecule has 0 aliphatic heterocycles. The summed E-state index contributed by atoms with van der Waals surface area (Å²) in [5.41, 5.74) is 4.89. The molecule has 0 aromatic rings. The van der Waals surface area contributed by atoms with Gasteiger partial charge in [0.05, 0.1) is 0 Å². The Kier molecular flexibility index (Phi) is 9.12. The van der Waals surface area contributed by atoms with Gasteiger partial charge in [0.15, 0.2) is 5.91 Å². The number of amides is 1. The summed E-state index contributed by atoms with van der Waals surface area (Å²) in [6.07, 6.45) is 1.41. The van der Waals surface area contributed by atoms with Gasteiger partial charge in [-0.3, -0.25) is 4.79 Å². The summed E-state index contributed by atoms with van der Waals surface area (Å²) in [6.45, 7) is 7.07. The van der Waals surface area contributed by atoms with Crippen molar-refractivity contribution in [3.63, 3.8) is 0 Å². The molecule has 1 radical (unpaired) electrons. The van der Waals surface area contributed by atoms with Gasteiger partial charge in [0, 0.05) is 32.7 Å². The average Bonchev–Trinajstić information content (AvgIpc) is 1.67. The third-order valence-electron chi connectivity index (χ3n) is 0.955. The normalized spacial score (nSPS) is 11.8. The topological polar surface area (TPSA) is 43.1 Å². The van der Waals surface area contributed by atoms with E-state index in [9.17, 15) is 4.79 Å². The average molecular weight is 202 g/mol. The zero-order chi connectivity index (χ0) is 6.57. The maximum absolute atomic E-state index is 10.2. The maximum Gasteiger partial charge on any atom is 0.190 e. The molecule has 0 saturated heterocycles. The van der Waals surface area contributed by atoms with E-state index in [4.69, 9.17) is 5.73 Å². The molecule has 51 valence electrons. The minimum atomic E-state index is -0.339. The molecule has 0 saturated carbocycles. The van der Waals surface area contributed by atoms with Gasteiger partial charge < -0.3 is 19.6 Å². The van der Waals surface area contributed by atoms with Crippen LogP contribution in [0.4, 0.5) is 0 Å². The zero-order valence-corrected chi connectivity index (χ0v) is 8.31. The Bertz CT molecular complexity index is 85.1. The third kappa shape index (κ3) is 6.46. The van der Waals surface area contributed by atoms with E-state index in [1.807, 2.05) is 0 Å². The van der Waals surface area contributed by atoms with Gasteiger partial charge in [0.1, 0.15) is 0 Å². The molecule has 0 aliphatic rings. The summed E-state index contributed by atoms with van der Waals surface area (Å²) in [5, 5.41) is 0. The fourth-order valence-corrected chi connectivity index (χ4v) is 0.389. The number of hydrogen-bond acceptors (Lipinski definition) is 1.